The van der Waals surface area contributed by atoms with Gasteiger partial charge in [-0.05, 0) is 30.4 Å². The van der Waals surface area contributed by atoms with Gasteiger partial charge in [0.05, 0.1) is 6.33 Å². The number of nitrogens with zero attached hydrogens (tertiary/aromatic N) is 4. The Kier molecular flexibility index (Phi) is 6.27. The highest BCUT2D eigenvalue weighted by atomic mass is 15.3. The molecule has 1 unspecified atom stereocenters. The molecule has 2 N–H and O–H groups in total. The van der Waals surface area contributed by atoms with Crippen molar-refractivity contribution in [2.24, 2.45) is 4.99 Å². The van der Waals surface area contributed by atoms with Crippen molar-refractivity contribution in [1.29, 1.82) is 0 Å². The van der Waals surface area contributed by atoms with E-state index in [9.17, 15) is 0 Å². The molecule has 4 rings (SSSR count). The van der Waals surface area contributed by atoms with E-state index < -0.39 is 0 Å². The Morgan fingerprint density at radius 3 is 2.86 bits per heavy atom. The molecule has 1 aliphatic carbocycles. The Morgan fingerprint density at radius 1 is 1.21 bits per heavy atom. The van der Waals surface area contributed by atoms with Gasteiger partial charge in [0.15, 0.2) is 5.96 Å². The average molecular weight is 381 g/mol. The number of rotatable bonds is 6. The molecular formula is C22H32N6. The van der Waals surface area contributed by atoms with E-state index >= 15 is 0 Å². The van der Waals surface area contributed by atoms with Gasteiger partial charge < -0.3 is 15.2 Å². The summed E-state index contributed by atoms with van der Waals surface area (Å²) in [5, 5.41) is 7.11. The summed E-state index contributed by atoms with van der Waals surface area (Å²) in [6.45, 7) is 3.98. The van der Waals surface area contributed by atoms with Crippen LogP contribution in [0, 0.1) is 0 Å². The fourth-order valence-corrected chi connectivity index (χ4v) is 4.51. The maximum Gasteiger partial charge on any atom is 0.191 e. The number of hydrogen-bond acceptors (Lipinski definition) is 3. The van der Waals surface area contributed by atoms with Crippen LogP contribution in [0.25, 0.3) is 0 Å². The van der Waals surface area contributed by atoms with Crippen LogP contribution in [-0.2, 0) is 13.1 Å². The van der Waals surface area contributed by atoms with E-state index in [0.717, 1.165) is 31.6 Å². The van der Waals surface area contributed by atoms with E-state index in [-0.39, 0.29) is 0 Å². The second-order valence-corrected chi connectivity index (χ2v) is 8.04. The first-order valence-corrected chi connectivity index (χ1v) is 10.5. The zero-order valence-corrected chi connectivity index (χ0v) is 16.8. The third kappa shape index (κ3) is 4.93. The molecule has 1 aromatic heterocycles. The topological polar surface area (TPSA) is 57.5 Å². The highest BCUT2D eigenvalue weighted by Crippen LogP contribution is 2.26. The minimum atomic E-state index is 0.499. The fraction of sp³-hybridized carbons (Fsp3) is 0.545. The summed E-state index contributed by atoms with van der Waals surface area (Å²) in [7, 11) is 1.86. The summed E-state index contributed by atoms with van der Waals surface area (Å²) in [5.74, 6) is 0.901. The van der Waals surface area contributed by atoms with Gasteiger partial charge in [-0.15, -0.1) is 0 Å². The van der Waals surface area contributed by atoms with E-state index in [4.69, 9.17) is 0 Å². The monoisotopic (exact) mass is 380 g/mol. The summed E-state index contributed by atoms with van der Waals surface area (Å²) < 4.78 is 2.09. The Balaban J connectivity index is 1.26. The number of aromatic nitrogens is 2. The molecule has 0 amide bonds. The molecule has 0 bridgehead atoms. The molecule has 6 nitrogen and oxygen atoms in total. The number of imidazole rings is 1. The smallest absolute Gasteiger partial charge is 0.191 e. The lowest BCUT2D eigenvalue weighted by atomic mass is 10.1. The van der Waals surface area contributed by atoms with Gasteiger partial charge in [-0.25, -0.2) is 4.98 Å². The van der Waals surface area contributed by atoms with Crippen LogP contribution in [-0.4, -0.2) is 52.6 Å². The van der Waals surface area contributed by atoms with E-state index in [1.54, 1.807) is 0 Å². The zero-order valence-electron chi connectivity index (χ0n) is 16.8. The van der Waals surface area contributed by atoms with E-state index in [2.05, 4.69) is 54.3 Å². The van der Waals surface area contributed by atoms with Crippen LogP contribution in [0.15, 0.2) is 48.0 Å². The minimum Gasteiger partial charge on any atom is -0.352 e. The average Bonchev–Trinajstić information content (AvgIpc) is 3.47. The number of likely N-dealkylation sites (tertiary alicyclic amines) is 1. The van der Waals surface area contributed by atoms with Gasteiger partial charge in [0.25, 0.3) is 0 Å². The molecular weight excluding hydrogens is 348 g/mol. The number of benzene rings is 1. The second kappa shape index (κ2) is 9.24. The second-order valence-electron chi connectivity index (χ2n) is 8.04. The molecule has 150 valence electrons. The molecule has 1 saturated heterocycles. The Bertz CT molecular complexity index is 763. The van der Waals surface area contributed by atoms with Crippen LogP contribution in [0.4, 0.5) is 0 Å². The Hall–Kier alpha value is -2.34. The van der Waals surface area contributed by atoms with Crippen LogP contribution >= 0.6 is 0 Å². The highest BCUT2D eigenvalue weighted by Gasteiger charge is 2.30. The molecule has 0 spiro atoms. The summed E-state index contributed by atoms with van der Waals surface area (Å²) in [5.41, 5.74) is 2.54. The lowest BCUT2D eigenvalue weighted by Crippen LogP contribution is -2.45. The molecule has 6 heteroatoms. The first kappa shape index (κ1) is 19.0. The quantitative estimate of drug-likeness (QED) is 0.597. The van der Waals surface area contributed by atoms with Gasteiger partial charge in [0.1, 0.15) is 0 Å². The maximum atomic E-state index is 4.44. The molecule has 1 atom stereocenters. The largest absolute Gasteiger partial charge is 0.352 e. The molecule has 2 aromatic rings. The molecule has 2 heterocycles. The molecule has 28 heavy (non-hydrogen) atoms. The van der Waals surface area contributed by atoms with Crippen LogP contribution in [0.2, 0.25) is 0 Å². The van der Waals surface area contributed by atoms with Crippen molar-refractivity contribution in [2.75, 3.05) is 20.1 Å². The highest BCUT2D eigenvalue weighted by molar-refractivity contribution is 5.80. The summed E-state index contributed by atoms with van der Waals surface area (Å²) in [4.78, 5) is 11.2. The zero-order chi connectivity index (χ0) is 19.2. The molecule has 1 saturated carbocycles. The van der Waals surface area contributed by atoms with Crippen molar-refractivity contribution in [1.82, 2.24) is 25.1 Å². The molecule has 2 aliphatic rings. The fourth-order valence-electron chi connectivity index (χ4n) is 4.51. The standard InChI is InChI=1S/C22H32N6/c1-23-22(26-20-9-11-28(16-20)21-7-2-3-8-21)25-14-18-5-4-6-19(13-18)15-27-12-10-24-17-27/h4-6,10,12-13,17,20-21H,2-3,7-9,11,14-16H2,1H3,(H2,23,25,26). The number of aliphatic imine (C=N–C) groups is 1. The summed E-state index contributed by atoms with van der Waals surface area (Å²) in [6, 6.07) is 10.0. The van der Waals surface area contributed by atoms with Crippen LogP contribution < -0.4 is 10.6 Å². The number of nitrogens with one attached hydrogen (secondary N) is 2. The Labute approximate surface area is 168 Å². The van der Waals surface area contributed by atoms with Gasteiger partial charge in [-0.2, -0.15) is 0 Å². The minimum absolute atomic E-state index is 0.499. The van der Waals surface area contributed by atoms with Gasteiger partial charge in [0, 0.05) is 57.7 Å². The third-order valence-corrected chi connectivity index (χ3v) is 6.00. The van der Waals surface area contributed by atoms with Crippen molar-refractivity contribution in [3.05, 3.63) is 54.1 Å². The van der Waals surface area contributed by atoms with Crippen molar-refractivity contribution in [3.8, 4) is 0 Å². The Morgan fingerprint density at radius 2 is 2.07 bits per heavy atom. The van der Waals surface area contributed by atoms with Crippen LogP contribution in [0.5, 0.6) is 0 Å². The lowest BCUT2D eigenvalue weighted by Gasteiger charge is -2.24. The van der Waals surface area contributed by atoms with Gasteiger partial charge in [0.2, 0.25) is 0 Å². The van der Waals surface area contributed by atoms with Crippen molar-refractivity contribution in [2.45, 2.75) is 57.3 Å². The normalized spacial score (nSPS) is 21.3. The molecule has 1 aliphatic heterocycles. The van der Waals surface area contributed by atoms with Crippen LogP contribution in [0.1, 0.15) is 43.2 Å². The maximum absolute atomic E-state index is 4.44. The SMILES string of the molecule is CN=C(NCc1cccc(Cn2ccnc2)c1)NC1CCN(C2CCCC2)C1. The summed E-state index contributed by atoms with van der Waals surface area (Å²) in [6.07, 6.45) is 12.4. The predicted molar refractivity (Wildman–Crippen MR) is 113 cm³/mol. The van der Waals surface area contributed by atoms with E-state index in [0.29, 0.717) is 6.04 Å². The predicted octanol–water partition coefficient (Wildman–Crippen LogP) is 2.61. The van der Waals surface area contributed by atoms with E-state index in [1.807, 2.05) is 25.8 Å². The first-order valence-electron chi connectivity index (χ1n) is 10.5. The lowest BCUT2D eigenvalue weighted by molar-refractivity contribution is 0.242. The number of guanidine groups is 1. The van der Waals surface area contributed by atoms with Crippen LogP contribution in [0.3, 0.4) is 0 Å². The van der Waals surface area contributed by atoms with Gasteiger partial charge in [-0.1, -0.05) is 37.1 Å². The first-order chi connectivity index (χ1) is 13.8. The third-order valence-electron chi connectivity index (χ3n) is 6.00. The van der Waals surface area contributed by atoms with Gasteiger partial charge in [-0.3, -0.25) is 9.89 Å². The van der Waals surface area contributed by atoms with Gasteiger partial charge >= 0.3 is 0 Å². The number of hydrogen-bond donors (Lipinski definition) is 2. The molecule has 2 fully saturated rings. The van der Waals surface area contributed by atoms with Crippen molar-refractivity contribution < 1.29 is 0 Å². The molecule has 0 radical (unpaired) electrons. The molecule has 1 aromatic carbocycles. The summed E-state index contributed by atoms with van der Waals surface area (Å²) >= 11 is 0. The van der Waals surface area contributed by atoms with Crippen molar-refractivity contribution in [3.63, 3.8) is 0 Å². The van der Waals surface area contributed by atoms with Crippen molar-refractivity contribution >= 4 is 5.96 Å². The van der Waals surface area contributed by atoms with E-state index in [1.165, 1.54) is 49.8 Å².